The molecule has 0 aliphatic carbocycles. The van der Waals surface area contributed by atoms with E-state index in [1.54, 1.807) is 24.3 Å². The summed E-state index contributed by atoms with van der Waals surface area (Å²) in [6.07, 6.45) is 0. The molecule has 4 nitrogen and oxygen atoms in total. The molecule has 1 aliphatic heterocycles. The zero-order valence-electron chi connectivity index (χ0n) is 11.3. The van der Waals surface area contributed by atoms with Crippen molar-refractivity contribution in [1.29, 1.82) is 0 Å². The first kappa shape index (κ1) is 14.2. The van der Waals surface area contributed by atoms with Gasteiger partial charge in [0.15, 0.2) is 0 Å². The molecule has 3 rings (SSSR count). The molecule has 0 unspecified atom stereocenters. The van der Waals surface area contributed by atoms with Crippen LogP contribution in [0.3, 0.4) is 0 Å². The van der Waals surface area contributed by atoms with Gasteiger partial charge in [0.1, 0.15) is 5.75 Å². The van der Waals surface area contributed by atoms with Gasteiger partial charge in [-0.25, -0.2) is 0 Å². The van der Waals surface area contributed by atoms with Crippen LogP contribution in [-0.4, -0.2) is 42.1 Å². The summed E-state index contributed by atoms with van der Waals surface area (Å²) in [5.74, 6) is 0.319. The van der Waals surface area contributed by atoms with Crippen LogP contribution in [0, 0.1) is 0 Å². The van der Waals surface area contributed by atoms with E-state index in [9.17, 15) is 9.90 Å². The van der Waals surface area contributed by atoms with Gasteiger partial charge in [-0.3, -0.25) is 4.79 Å². The van der Waals surface area contributed by atoms with Gasteiger partial charge in [-0.15, -0.1) is 11.3 Å². The number of halogens is 1. The lowest BCUT2D eigenvalue weighted by atomic mass is 10.2. The highest BCUT2D eigenvalue weighted by Gasteiger charge is 2.23. The first-order valence-electron chi connectivity index (χ1n) is 6.72. The Hall–Kier alpha value is -1.72. The Morgan fingerprint density at radius 1 is 1.05 bits per heavy atom. The minimum Gasteiger partial charge on any atom is -0.508 e. The molecule has 1 N–H and O–H groups in total. The first-order chi connectivity index (χ1) is 10.1. The van der Waals surface area contributed by atoms with Crippen molar-refractivity contribution in [1.82, 2.24) is 4.90 Å². The van der Waals surface area contributed by atoms with E-state index in [1.165, 1.54) is 11.3 Å². The van der Waals surface area contributed by atoms with E-state index in [1.807, 2.05) is 17.0 Å². The molecule has 0 atom stereocenters. The topological polar surface area (TPSA) is 43.8 Å². The summed E-state index contributed by atoms with van der Waals surface area (Å²) in [7, 11) is 0. The quantitative estimate of drug-likeness (QED) is 0.924. The maximum Gasteiger partial charge on any atom is 0.264 e. The molecular formula is C15H15ClN2O2S. The summed E-state index contributed by atoms with van der Waals surface area (Å²) in [6, 6.07) is 10.7. The number of thiophene rings is 1. The van der Waals surface area contributed by atoms with Gasteiger partial charge in [0.2, 0.25) is 0 Å². The lowest BCUT2D eigenvalue weighted by molar-refractivity contribution is 0.0751. The van der Waals surface area contributed by atoms with Gasteiger partial charge in [-0.2, -0.15) is 0 Å². The summed E-state index contributed by atoms with van der Waals surface area (Å²) in [5.41, 5.74) is 1.07. The molecule has 0 radical (unpaired) electrons. The molecule has 110 valence electrons. The third-order valence-corrected chi connectivity index (χ3v) is 4.78. The van der Waals surface area contributed by atoms with Crippen LogP contribution in [-0.2, 0) is 0 Å². The van der Waals surface area contributed by atoms with Gasteiger partial charge < -0.3 is 14.9 Å². The van der Waals surface area contributed by atoms with Crippen LogP contribution in [0.4, 0.5) is 5.69 Å². The minimum atomic E-state index is 0.0530. The average molecular weight is 323 g/mol. The van der Waals surface area contributed by atoms with Crippen LogP contribution < -0.4 is 4.90 Å². The number of benzene rings is 1. The molecular weight excluding hydrogens is 308 g/mol. The number of amides is 1. The Balaban J connectivity index is 1.62. The number of aromatic hydroxyl groups is 1. The Bertz CT molecular complexity index is 633. The number of phenolic OH excluding ortho intramolecular Hbond substituents is 1. The lowest BCUT2D eigenvalue weighted by Crippen LogP contribution is -2.48. The van der Waals surface area contributed by atoms with Crippen molar-refractivity contribution in [2.45, 2.75) is 0 Å². The van der Waals surface area contributed by atoms with Crippen LogP contribution in [0.2, 0.25) is 4.34 Å². The van der Waals surface area contributed by atoms with Crippen LogP contribution in [0.5, 0.6) is 5.75 Å². The molecule has 1 aromatic heterocycles. The second kappa shape index (κ2) is 5.95. The summed E-state index contributed by atoms with van der Waals surface area (Å²) in [5, 5.41) is 9.32. The van der Waals surface area contributed by atoms with Crippen molar-refractivity contribution >= 4 is 34.5 Å². The fourth-order valence-corrected chi connectivity index (χ4v) is 3.43. The maximum atomic E-state index is 12.3. The molecule has 21 heavy (non-hydrogen) atoms. The standard InChI is InChI=1S/C15H15ClN2O2S/c16-14-6-5-13(21-14)15(20)18-9-7-17(8-10-18)11-1-3-12(19)4-2-11/h1-6,19H,7-10H2. The molecule has 2 heterocycles. The van der Waals surface area contributed by atoms with Crippen molar-refractivity contribution in [3.63, 3.8) is 0 Å². The highest BCUT2D eigenvalue weighted by molar-refractivity contribution is 7.17. The highest BCUT2D eigenvalue weighted by atomic mass is 35.5. The predicted molar refractivity (Wildman–Crippen MR) is 85.6 cm³/mol. The molecule has 1 amide bonds. The number of piperazine rings is 1. The number of carbonyl (C=O) groups excluding carboxylic acids is 1. The molecule has 6 heteroatoms. The first-order valence-corrected chi connectivity index (χ1v) is 7.91. The number of hydrogen-bond acceptors (Lipinski definition) is 4. The van der Waals surface area contributed by atoms with E-state index < -0.39 is 0 Å². The van der Waals surface area contributed by atoms with Crippen molar-refractivity contribution in [3.05, 3.63) is 45.6 Å². The van der Waals surface area contributed by atoms with Gasteiger partial charge in [-0.1, -0.05) is 11.6 Å². The lowest BCUT2D eigenvalue weighted by Gasteiger charge is -2.36. The van der Waals surface area contributed by atoms with E-state index in [0.717, 1.165) is 18.8 Å². The highest BCUT2D eigenvalue weighted by Crippen LogP contribution is 2.24. The van der Waals surface area contributed by atoms with E-state index in [-0.39, 0.29) is 11.7 Å². The SMILES string of the molecule is O=C(c1ccc(Cl)s1)N1CCN(c2ccc(O)cc2)CC1. The Morgan fingerprint density at radius 2 is 1.71 bits per heavy atom. The Morgan fingerprint density at radius 3 is 2.29 bits per heavy atom. The van der Waals surface area contributed by atoms with Crippen LogP contribution >= 0.6 is 22.9 Å². The van der Waals surface area contributed by atoms with E-state index >= 15 is 0 Å². The van der Waals surface area contributed by atoms with Gasteiger partial charge in [0.05, 0.1) is 9.21 Å². The second-order valence-electron chi connectivity index (χ2n) is 4.90. The molecule has 1 fully saturated rings. The zero-order chi connectivity index (χ0) is 14.8. The normalized spacial score (nSPS) is 15.3. The van der Waals surface area contributed by atoms with Crippen molar-refractivity contribution in [2.24, 2.45) is 0 Å². The van der Waals surface area contributed by atoms with Crippen molar-refractivity contribution < 1.29 is 9.90 Å². The third-order valence-electron chi connectivity index (χ3n) is 3.57. The van der Waals surface area contributed by atoms with Crippen molar-refractivity contribution in [3.8, 4) is 5.75 Å². The van der Waals surface area contributed by atoms with Crippen LogP contribution in [0.15, 0.2) is 36.4 Å². The Kier molecular flexibility index (Phi) is 4.03. The number of rotatable bonds is 2. The van der Waals surface area contributed by atoms with Gasteiger partial charge in [0.25, 0.3) is 5.91 Å². The van der Waals surface area contributed by atoms with Crippen molar-refractivity contribution in [2.75, 3.05) is 31.1 Å². The molecule has 0 spiro atoms. The molecule has 1 aromatic carbocycles. The summed E-state index contributed by atoms with van der Waals surface area (Å²) < 4.78 is 0.640. The number of hydrogen-bond donors (Lipinski definition) is 1. The largest absolute Gasteiger partial charge is 0.508 e. The zero-order valence-corrected chi connectivity index (χ0v) is 12.9. The van der Waals surface area contributed by atoms with Gasteiger partial charge >= 0.3 is 0 Å². The molecule has 2 aromatic rings. The smallest absolute Gasteiger partial charge is 0.264 e. The van der Waals surface area contributed by atoms with Crippen LogP contribution in [0.1, 0.15) is 9.67 Å². The maximum absolute atomic E-state index is 12.3. The molecule has 0 bridgehead atoms. The fraction of sp³-hybridized carbons (Fsp3) is 0.267. The molecule has 1 aliphatic rings. The van der Waals surface area contributed by atoms with E-state index in [4.69, 9.17) is 11.6 Å². The molecule has 1 saturated heterocycles. The average Bonchev–Trinajstić information content (AvgIpc) is 2.94. The van der Waals surface area contributed by atoms with Gasteiger partial charge in [0, 0.05) is 31.9 Å². The van der Waals surface area contributed by atoms with E-state index in [0.29, 0.717) is 22.3 Å². The Labute approximate surface area is 132 Å². The number of nitrogens with zero attached hydrogens (tertiary/aromatic N) is 2. The monoisotopic (exact) mass is 322 g/mol. The minimum absolute atomic E-state index is 0.0530. The predicted octanol–water partition coefficient (Wildman–Crippen LogP) is 3.07. The van der Waals surface area contributed by atoms with E-state index in [2.05, 4.69) is 4.90 Å². The van der Waals surface area contributed by atoms with Crippen LogP contribution in [0.25, 0.3) is 0 Å². The number of phenols is 1. The second-order valence-corrected chi connectivity index (χ2v) is 6.61. The number of anilines is 1. The molecule has 0 saturated carbocycles. The summed E-state index contributed by atoms with van der Waals surface area (Å²) >= 11 is 7.20. The summed E-state index contributed by atoms with van der Waals surface area (Å²) in [4.78, 5) is 17.1. The summed E-state index contributed by atoms with van der Waals surface area (Å²) in [6.45, 7) is 2.95. The number of carbonyl (C=O) groups is 1. The third kappa shape index (κ3) is 3.14. The fourth-order valence-electron chi connectivity index (χ4n) is 2.42. The van der Waals surface area contributed by atoms with Gasteiger partial charge in [-0.05, 0) is 36.4 Å².